The smallest absolute Gasteiger partial charge is 0.226 e. The molecule has 2 aromatic carbocycles. The molecule has 4 aliphatic carbocycles. The van der Waals surface area contributed by atoms with Gasteiger partial charge in [-0.15, -0.1) is 0 Å². The highest BCUT2D eigenvalue weighted by molar-refractivity contribution is 6.31. The van der Waals surface area contributed by atoms with E-state index in [2.05, 4.69) is 16.7 Å². The maximum atomic E-state index is 13.0. The Kier molecular flexibility index (Phi) is 6.36. The molecule has 176 valence electrons. The number of nitrogens with one attached hydrogen (secondary N) is 2. The molecule has 5 nitrogen and oxygen atoms in total. The number of hydrogen-bond acceptors (Lipinski definition) is 3. The van der Waals surface area contributed by atoms with E-state index in [9.17, 15) is 14.9 Å². The minimum Gasteiger partial charge on any atom is -0.355 e. The summed E-state index contributed by atoms with van der Waals surface area (Å²) in [5.74, 6) is 1.66. The van der Waals surface area contributed by atoms with E-state index in [1.54, 1.807) is 18.2 Å². The molecule has 4 aliphatic rings. The summed E-state index contributed by atoms with van der Waals surface area (Å²) >= 11 is 6.47. The first-order chi connectivity index (χ1) is 16.5. The molecule has 2 amide bonds. The van der Waals surface area contributed by atoms with Crippen molar-refractivity contribution >= 4 is 29.1 Å². The van der Waals surface area contributed by atoms with Gasteiger partial charge in [0.2, 0.25) is 11.8 Å². The molecule has 1 unspecified atom stereocenters. The number of carbonyl (C=O) groups excluding carboxylic acids is 2. The van der Waals surface area contributed by atoms with Gasteiger partial charge < -0.3 is 10.6 Å². The second kappa shape index (κ2) is 9.43. The Morgan fingerprint density at radius 1 is 1.03 bits per heavy atom. The summed E-state index contributed by atoms with van der Waals surface area (Å²) in [5, 5.41) is 16.0. The number of anilines is 1. The van der Waals surface area contributed by atoms with E-state index in [1.165, 1.54) is 19.3 Å². The topological polar surface area (TPSA) is 82.0 Å². The molecule has 4 saturated carbocycles. The normalized spacial score (nSPS) is 27.6. The zero-order valence-corrected chi connectivity index (χ0v) is 20.0. The Morgan fingerprint density at radius 3 is 2.26 bits per heavy atom. The van der Waals surface area contributed by atoms with Gasteiger partial charge in [-0.05, 0) is 79.5 Å². The Labute approximate surface area is 205 Å². The summed E-state index contributed by atoms with van der Waals surface area (Å²) < 4.78 is 0. The SMILES string of the molecule is N#CC(c1ccccc1)c1ccc(NC(=O)CCNC(=O)C23CC4CC(CC(C4)C2)C3)cc1Cl. The van der Waals surface area contributed by atoms with Crippen LogP contribution < -0.4 is 10.6 Å². The van der Waals surface area contributed by atoms with Crippen LogP contribution in [0, 0.1) is 34.5 Å². The van der Waals surface area contributed by atoms with Gasteiger partial charge in [-0.2, -0.15) is 5.26 Å². The highest BCUT2D eigenvalue weighted by atomic mass is 35.5. The maximum absolute atomic E-state index is 13.0. The second-order valence-corrected chi connectivity index (χ2v) is 10.9. The molecule has 2 aromatic rings. The van der Waals surface area contributed by atoms with Crippen molar-refractivity contribution in [3.05, 3.63) is 64.7 Å². The molecule has 2 N–H and O–H groups in total. The Bertz CT molecular complexity index is 1090. The van der Waals surface area contributed by atoms with Crippen LogP contribution in [-0.2, 0) is 9.59 Å². The number of carbonyl (C=O) groups is 2. The first-order valence-electron chi connectivity index (χ1n) is 12.3. The minimum atomic E-state index is -0.474. The van der Waals surface area contributed by atoms with Crippen LogP contribution in [0.4, 0.5) is 5.69 Å². The van der Waals surface area contributed by atoms with Crippen molar-refractivity contribution in [3.63, 3.8) is 0 Å². The molecular weight excluding hydrogens is 446 g/mol. The van der Waals surface area contributed by atoms with Crippen LogP contribution in [0.15, 0.2) is 48.5 Å². The van der Waals surface area contributed by atoms with Gasteiger partial charge >= 0.3 is 0 Å². The van der Waals surface area contributed by atoms with Crippen LogP contribution in [0.2, 0.25) is 5.02 Å². The third-order valence-electron chi connectivity index (χ3n) is 8.01. The first-order valence-corrected chi connectivity index (χ1v) is 12.7. The molecule has 0 aromatic heterocycles. The molecular formula is C28H30ClN3O2. The van der Waals surface area contributed by atoms with Gasteiger partial charge in [0.15, 0.2) is 0 Å². The van der Waals surface area contributed by atoms with Crippen LogP contribution in [0.25, 0.3) is 0 Å². The van der Waals surface area contributed by atoms with Gasteiger partial charge in [-0.25, -0.2) is 0 Å². The van der Waals surface area contributed by atoms with Crippen molar-refractivity contribution in [2.45, 2.75) is 50.9 Å². The molecule has 4 fully saturated rings. The second-order valence-electron chi connectivity index (χ2n) is 10.5. The zero-order chi connectivity index (χ0) is 23.7. The molecule has 0 saturated heterocycles. The van der Waals surface area contributed by atoms with E-state index < -0.39 is 5.92 Å². The van der Waals surface area contributed by atoms with Crippen LogP contribution in [-0.4, -0.2) is 18.4 Å². The molecule has 0 spiro atoms. The number of rotatable bonds is 7. The van der Waals surface area contributed by atoms with Crippen LogP contribution in [0.3, 0.4) is 0 Å². The molecule has 1 atom stereocenters. The fourth-order valence-electron chi connectivity index (χ4n) is 6.90. The van der Waals surface area contributed by atoms with Gasteiger partial charge in [0.25, 0.3) is 0 Å². The lowest BCUT2D eigenvalue weighted by atomic mass is 9.49. The average molecular weight is 476 g/mol. The van der Waals surface area contributed by atoms with Crippen molar-refractivity contribution in [1.82, 2.24) is 5.32 Å². The summed E-state index contributed by atoms with van der Waals surface area (Å²) in [6.07, 6.45) is 7.18. The quantitative estimate of drug-likeness (QED) is 0.542. The Balaban J connectivity index is 1.14. The van der Waals surface area contributed by atoms with Crippen molar-refractivity contribution in [2.24, 2.45) is 23.2 Å². The number of halogens is 1. The summed E-state index contributed by atoms with van der Waals surface area (Å²) in [5.41, 5.74) is 1.97. The summed E-state index contributed by atoms with van der Waals surface area (Å²) in [6, 6.07) is 17.0. The van der Waals surface area contributed by atoms with Crippen LogP contribution in [0.5, 0.6) is 0 Å². The largest absolute Gasteiger partial charge is 0.355 e. The molecule has 4 bridgehead atoms. The number of nitriles is 1. The van der Waals surface area contributed by atoms with Crippen molar-refractivity contribution in [2.75, 3.05) is 11.9 Å². The molecule has 34 heavy (non-hydrogen) atoms. The standard InChI is InChI=1S/C28H30ClN3O2/c29-25-13-22(6-7-23(25)24(17-30)21-4-2-1-3-5-21)32-26(33)8-9-31-27(34)28-14-18-10-19(15-28)12-20(11-18)16-28/h1-7,13,18-20,24H,8-12,14-16H2,(H,31,34)(H,32,33). The number of hydrogen-bond donors (Lipinski definition) is 2. The van der Waals surface area contributed by atoms with E-state index in [0.29, 0.717) is 22.8 Å². The average Bonchev–Trinajstić information content (AvgIpc) is 2.80. The zero-order valence-electron chi connectivity index (χ0n) is 19.2. The number of benzene rings is 2. The van der Waals surface area contributed by atoms with E-state index in [0.717, 1.165) is 42.6 Å². The highest BCUT2D eigenvalue weighted by Gasteiger charge is 2.54. The lowest BCUT2D eigenvalue weighted by molar-refractivity contribution is -0.146. The molecule has 0 aliphatic heterocycles. The monoisotopic (exact) mass is 475 g/mol. The molecule has 6 rings (SSSR count). The Hall–Kier alpha value is -2.84. The third kappa shape index (κ3) is 4.57. The fourth-order valence-corrected chi connectivity index (χ4v) is 7.19. The molecule has 6 heteroatoms. The summed E-state index contributed by atoms with van der Waals surface area (Å²) in [4.78, 5) is 25.5. The summed E-state index contributed by atoms with van der Waals surface area (Å²) in [7, 11) is 0. The van der Waals surface area contributed by atoms with Gasteiger partial charge in [-0.1, -0.05) is 48.0 Å². The molecule has 0 radical (unpaired) electrons. The third-order valence-corrected chi connectivity index (χ3v) is 8.34. The van der Waals surface area contributed by atoms with Crippen molar-refractivity contribution < 1.29 is 9.59 Å². The van der Waals surface area contributed by atoms with E-state index in [4.69, 9.17) is 11.6 Å². The predicted octanol–water partition coefficient (Wildman–Crippen LogP) is 5.66. The molecule has 0 heterocycles. The van der Waals surface area contributed by atoms with Crippen LogP contribution >= 0.6 is 11.6 Å². The predicted molar refractivity (Wildman–Crippen MR) is 132 cm³/mol. The first kappa shape index (κ1) is 22.9. The lowest BCUT2D eigenvalue weighted by Crippen LogP contribution is -2.53. The summed E-state index contributed by atoms with van der Waals surface area (Å²) in [6.45, 7) is 0.336. The van der Waals surface area contributed by atoms with Crippen LogP contribution in [0.1, 0.15) is 62.0 Å². The van der Waals surface area contributed by atoms with E-state index in [1.807, 2.05) is 30.3 Å². The highest BCUT2D eigenvalue weighted by Crippen LogP contribution is 2.60. The maximum Gasteiger partial charge on any atom is 0.226 e. The van der Waals surface area contributed by atoms with Crippen molar-refractivity contribution in [1.29, 1.82) is 5.26 Å². The van der Waals surface area contributed by atoms with E-state index in [-0.39, 0.29) is 23.7 Å². The minimum absolute atomic E-state index is 0.148. The number of amides is 2. The van der Waals surface area contributed by atoms with E-state index >= 15 is 0 Å². The van der Waals surface area contributed by atoms with Crippen molar-refractivity contribution in [3.8, 4) is 6.07 Å². The fraction of sp³-hybridized carbons (Fsp3) is 0.464. The lowest BCUT2D eigenvalue weighted by Gasteiger charge is -2.55. The van der Waals surface area contributed by atoms with Gasteiger partial charge in [-0.3, -0.25) is 9.59 Å². The van der Waals surface area contributed by atoms with Gasteiger partial charge in [0, 0.05) is 29.1 Å². The number of nitrogens with zero attached hydrogens (tertiary/aromatic N) is 1. The van der Waals surface area contributed by atoms with Gasteiger partial charge in [0.1, 0.15) is 0 Å². The van der Waals surface area contributed by atoms with Gasteiger partial charge in [0.05, 0.1) is 12.0 Å². The Morgan fingerprint density at radius 2 is 1.68 bits per heavy atom.